The fraction of sp³-hybridized carbons (Fsp3) is 0.667. The van der Waals surface area contributed by atoms with Crippen LogP contribution in [0.4, 0.5) is 10.1 Å². The molecule has 3 N–H and O–H groups in total. The molecule has 2 aliphatic rings. The number of fused-ring (bicyclic) bond motifs is 1. The number of hydrogen-bond donors (Lipinski definition) is 2. The molecule has 1 saturated carbocycles. The van der Waals surface area contributed by atoms with Crippen LogP contribution in [0.3, 0.4) is 0 Å². The number of aromatic amines is 1. The van der Waals surface area contributed by atoms with Crippen molar-refractivity contribution < 1.29 is 4.39 Å². The average molecular weight is 359 g/mol. The summed E-state index contributed by atoms with van der Waals surface area (Å²) in [4.78, 5) is 10.1. The van der Waals surface area contributed by atoms with E-state index in [4.69, 9.17) is 5.73 Å². The third-order valence-electron chi connectivity index (χ3n) is 6.43. The molecule has 1 aromatic carbocycles. The number of halogens is 1. The van der Waals surface area contributed by atoms with Crippen molar-refractivity contribution in [3.05, 3.63) is 23.8 Å². The Morgan fingerprint density at radius 3 is 2.54 bits per heavy atom. The fourth-order valence-corrected chi connectivity index (χ4v) is 4.79. The first-order valence-electron chi connectivity index (χ1n) is 10.4. The van der Waals surface area contributed by atoms with Gasteiger partial charge in [0, 0.05) is 12.6 Å². The van der Waals surface area contributed by atoms with Gasteiger partial charge in [-0.15, -0.1) is 0 Å². The predicted octanol–water partition coefficient (Wildman–Crippen LogP) is 5.05. The highest BCUT2D eigenvalue weighted by atomic mass is 19.1. The van der Waals surface area contributed by atoms with Crippen LogP contribution in [-0.4, -0.2) is 22.6 Å². The Balaban J connectivity index is 1.61. The summed E-state index contributed by atoms with van der Waals surface area (Å²) in [6, 6.07) is 4.11. The minimum Gasteiger partial charge on any atom is -0.366 e. The normalized spacial score (nSPS) is 24.0. The zero-order chi connectivity index (χ0) is 18.1. The molecular formula is C21H31FN4. The molecule has 2 aromatic rings. The molecule has 2 atom stereocenters. The number of imidazole rings is 1. The molecule has 1 saturated heterocycles. The van der Waals surface area contributed by atoms with Gasteiger partial charge in [-0.3, -0.25) is 0 Å². The molecule has 1 unspecified atom stereocenters. The molecule has 0 radical (unpaired) electrons. The number of rotatable bonds is 3. The molecule has 2 fully saturated rings. The van der Waals surface area contributed by atoms with Gasteiger partial charge in [-0.25, -0.2) is 9.37 Å². The minimum absolute atomic E-state index is 0.130. The van der Waals surface area contributed by atoms with Crippen LogP contribution in [0.25, 0.3) is 11.0 Å². The Morgan fingerprint density at radius 2 is 1.85 bits per heavy atom. The zero-order valence-electron chi connectivity index (χ0n) is 15.8. The van der Waals surface area contributed by atoms with E-state index in [1.807, 2.05) is 12.1 Å². The van der Waals surface area contributed by atoms with Crippen LogP contribution < -0.4 is 10.6 Å². The zero-order valence-corrected chi connectivity index (χ0v) is 15.8. The second-order valence-corrected chi connectivity index (χ2v) is 8.23. The molecule has 4 nitrogen and oxygen atoms in total. The van der Waals surface area contributed by atoms with E-state index in [1.165, 1.54) is 32.1 Å². The lowest BCUT2D eigenvalue weighted by Crippen LogP contribution is -2.27. The summed E-state index contributed by atoms with van der Waals surface area (Å²) >= 11 is 0. The monoisotopic (exact) mass is 358 g/mol. The Hall–Kier alpha value is -1.62. The summed E-state index contributed by atoms with van der Waals surface area (Å²) in [5.41, 5.74) is 8.44. The SMILES string of the molecule is C[C@@H]1CCCN1c1ccc2[nH]c(C(N)C3CCCCCCC3)nc2c1F. The molecule has 4 rings (SSSR count). The topological polar surface area (TPSA) is 57.9 Å². The number of hydrogen-bond acceptors (Lipinski definition) is 3. The number of H-pyrrole nitrogens is 1. The van der Waals surface area contributed by atoms with Crippen molar-refractivity contribution in [2.24, 2.45) is 11.7 Å². The van der Waals surface area contributed by atoms with Gasteiger partial charge >= 0.3 is 0 Å². The van der Waals surface area contributed by atoms with Crippen molar-refractivity contribution in [3.63, 3.8) is 0 Å². The third-order valence-corrected chi connectivity index (χ3v) is 6.43. The molecule has 0 bridgehead atoms. The van der Waals surface area contributed by atoms with Crippen LogP contribution in [0, 0.1) is 11.7 Å². The molecular weight excluding hydrogens is 327 g/mol. The van der Waals surface area contributed by atoms with Gasteiger partial charge in [-0.05, 0) is 50.7 Å². The van der Waals surface area contributed by atoms with Crippen molar-refractivity contribution in [3.8, 4) is 0 Å². The van der Waals surface area contributed by atoms with E-state index in [-0.39, 0.29) is 11.9 Å². The van der Waals surface area contributed by atoms with Crippen molar-refractivity contribution in [1.82, 2.24) is 9.97 Å². The summed E-state index contributed by atoms with van der Waals surface area (Å²) in [5, 5.41) is 0. The van der Waals surface area contributed by atoms with E-state index in [1.54, 1.807) is 0 Å². The van der Waals surface area contributed by atoms with Gasteiger partial charge in [-0.1, -0.05) is 32.1 Å². The first-order valence-corrected chi connectivity index (χ1v) is 10.4. The van der Waals surface area contributed by atoms with Crippen molar-refractivity contribution in [2.75, 3.05) is 11.4 Å². The van der Waals surface area contributed by atoms with Crippen LogP contribution in [0.5, 0.6) is 0 Å². The maximum Gasteiger partial charge on any atom is 0.174 e. The van der Waals surface area contributed by atoms with Gasteiger partial charge in [0.15, 0.2) is 5.82 Å². The van der Waals surface area contributed by atoms with Crippen molar-refractivity contribution in [2.45, 2.75) is 76.8 Å². The lowest BCUT2D eigenvalue weighted by Gasteiger charge is -2.24. The Bertz CT molecular complexity index is 748. The summed E-state index contributed by atoms with van der Waals surface area (Å²) < 4.78 is 15.2. The predicted molar refractivity (Wildman–Crippen MR) is 105 cm³/mol. The summed E-state index contributed by atoms with van der Waals surface area (Å²) in [6.45, 7) is 3.08. The smallest absolute Gasteiger partial charge is 0.174 e. The number of aromatic nitrogens is 2. The number of benzene rings is 1. The molecule has 0 spiro atoms. The highest BCUT2D eigenvalue weighted by molar-refractivity contribution is 5.81. The Morgan fingerprint density at radius 1 is 1.12 bits per heavy atom. The number of nitrogens with zero attached hydrogens (tertiary/aromatic N) is 2. The van der Waals surface area contributed by atoms with E-state index in [2.05, 4.69) is 21.8 Å². The van der Waals surface area contributed by atoms with Crippen LogP contribution in [0.15, 0.2) is 12.1 Å². The lowest BCUT2D eigenvalue weighted by molar-refractivity contribution is 0.321. The molecule has 26 heavy (non-hydrogen) atoms. The maximum absolute atomic E-state index is 15.2. The first kappa shape index (κ1) is 17.8. The quantitative estimate of drug-likeness (QED) is 0.807. The van der Waals surface area contributed by atoms with Gasteiger partial charge < -0.3 is 15.6 Å². The molecule has 142 valence electrons. The highest BCUT2D eigenvalue weighted by Gasteiger charge is 2.27. The molecule has 1 aliphatic heterocycles. The third kappa shape index (κ3) is 3.34. The maximum atomic E-state index is 15.2. The van der Waals surface area contributed by atoms with Crippen molar-refractivity contribution in [1.29, 1.82) is 0 Å². The number of nitrogens with one attached hydrogen (secondary N) is 1. The standard InChI is InChI=1S/C21H31FN4/c1-14-8-7-13-26(14)17-12-11-16-20(18(17)22)25-21(24-16)19(23)15-9-5-3-2-4-6-10-15/h11-12,14-15,19H,2-10,13,23H2,1H3,(H,24,25)/t14-,19?/m1/s1. The van der Waals surface area contributed by atoms with Gasteiger partial charge in [-0.2, -0.15) is 0 Å². The van der Waals surface area contributed by atoms with Gasteiger partial charge in [0.25, 0.3) is 0 Å². The molecule has 1 aromatic heterocycles. The van der Waals surface area contributed by atoms with Crippen LogP contribution in [0.2, 0.25) is 0 Å². The van der Waals surface area contributed by atoms with E-state index in [0.717, 1.165) is 43.6 Å². The molecule has 5 heteroatoms. The molecule has 0 amide bonds. The van der Waals surface area contributed by atoms with Gasteiger partial charge in [0.2, 0.25) is 0 Å². The van der Waals surface area contributed by atoms with Crippen LogP contribution >= 0.6 is 0 Å². The Kier molecular flexibility index (Phi) is 5.16. The van der Waals surface area contributed by atoms with Crippen LogP contribution in [0.1, 0.15) is 76.6 Å². The van der Waals surface area contributed by atoms with E-state index >= 15 is 4.39 Å². The van der Waals surface area contributed by atoms with E-state index in [9.17, 15) is 0 Å². The average Bonchev–Trinajstić information content (AvgIpc) is 3.21. The van der Waals surface area contributed by atoms with E-state index < -0.39 is 0 Å². The second-order valence-electron chi connectivity index (χ2n) is 8.23. The number of anilines is 1. The van der Waals surface area contributed by atoms with Gasteiger partial charge in [0.05, 0.1) is 17.2 Å². The van der Waals surface area contributed by atoms with Crippen molar-refractivity contribution >= 4 is 16.7 Å². The minimum atomic E-state index is -0.205. The summed E-state index contributed by atoms with van der Waals surface area (Å²) in [6.07, 6.45) is 11.0. The fourth-order valence-electron chi connectivity index (χ4n) is 4.79. The summed E-state index contributed by atoms with van der Waals surface area (Å²) in [5.74, 6) is 0.983. The molecule has 1 aliphatic carbocycles. The number of nitrogens with two attached hydrogens (primary N) is 1. The van der Waals surface area contributed by atoms with Gasteiger partial charge in [0.1, 0.15) is 11.3 Å². The first-order chi connectivity index (χ1) is 12.6. The second kappa shape index (κ2) is 7.55. The van der Waals surface area contributed by atoms with E-state index in [0.29, 0.717) is 23.2 Å². The summed E-state index contributed by atoms with van der Waals surface area (Å²) in [7, 11) is 0. The van der Waals surface area contributed by atoms with Crippen LogP contribution in [-0.2, 0) is 0 Å². The molecule has 2 heterocycles. The highest BCUT2D eigenvalue weighted by Crippen LogP contribution is 2.34. The largest absolute Gasteiger partial charge is 0.366 e. The Labute approximate surface area is 155 Å². The lowest BCUT2D eigenvalue weighted by atomic mass is 9.86.